The van der Waals surface area contributed by atoms with E-state index in [-0.39, 0.29) is 11.2 Å². The van der Waals surface area contributed by atoms with E-state index in [1.165, 1.54) is 0 Å². The number of carbonyl (C=O) groups is 1. The first-order chi connectivity index (χ1) is 9.18. The zero-order chi connectivity index (χ0) is 15.1. The number of hydrogen-bond donors (Lipinski definition) is 2. The van der Waals surface area contributed by atoms with Gasteiger partial charge in [-0.2, -0.15) is 0 Å². The van der Waals surface area contributed by atoms with E-state index in [1.54, 1.807) is 12.1 Å². The summed E-state index contributed by atoms with van der Waals surface area (Å²) in [6, 6.07) is 3.34. The van der Waals surface area contributed by atoms with Gasteiger partial charge in [-0.05, 0) is 30.4 Å². The maximum absolute atomic E-state index is 11.8. The van der Waals surface area contributed by atoms with Crippen molar-refractivity contribution in [3.8, 4) is 5.75 Å². The smallest absolute Gasteiger partial charge is 0.314 e. The minimum absolute atomic E-state index is 0.0891. The lowest BCUT2D eigenvalue weighted by atomic mass is 9.75. The molecule has 1 aliphatic carbocycles. The first-order valence-electron chi connectivity index (χ1n) is 6.95. The third-order valence-electron chi connectivity index (χ3n) is 4.26. The lowest BCUT2D eigenvalue weighted by molar-refractivity contribution is -0.143. The average Bonchev–Trinajstić information content (AvgIpc) is 2.80. The molecule has 1 aromatic rings. The van der Waals surface area contributed by atoms with E-state index < -0.39 is 11.4 Å². The normalized spacial score (nSPS) is 18.2. The lowest BCUT2D eigenvalue weighted by Crippen LogP contribution is -2.33. The lowest BCUT2D eigenvalue weighted by Gasteiger charge is -2.29. The summed E-state index contributed by atoms with van der Waals surface area (Å²) in [7, 11) is 0. The summed E-state index contributed by atoms with van der Waals surface area (Å²) in [5, 5.41) is 20.8. The van der Waals surface area contributed by atoms with Crippen LogP contribution in [0.4, 0.5) is 0 Å². The summed E-state index contributed by atoms with van der Waals surface area (Å²) >= 11 is 6.17. The van der Waals surface area contributed by atoms with Gasteiger partial charge in [0.05, 0.1) is 5.41 Å². The van der Waals surface area contributed by atoms with Gasteiger partial charge in [0.2, 0.25) is 0 Å². The van der Waals surface area contributed by atoms with Crippen LogP contribution in [0.3, 0.4) is 0 Å². The number of rotatable bonds is 2. The molecule has 0 unspecified atom stereocenters. The molecule has 1 saturated carbocycles. The molecule has 1 aromatic carbocycles. The molecule has 2 N–H and O–H groups in total. The molecular weight excluding hydrogens is 276 g/mol. The summed E-state index contributed by atoms with van der Waals surface area (Å²) < 4.78 is 0. The number of aromatic hydroxyl groups is 1. The fourth-order valence-corrected chi connectivity index (χ4v) is 3.33. The molecule has 0 heterocycles. The first kappa shape index (κ1) is 15.2. The number of phenolic OH excluding ortho intramolecular Hbond substituents is 1. The molecule has 3 nitrogen and oxygen atoms in total. The van der Waals surface area contributed by atoms with E-state index in [0.29, 0.717) is 29.0 Å². The Hall–Kier alpha value is -1.22. The Morgan fingerprint density at radius 1 is 1.25 bits per heavy atom. The molecule has 2 rings (SSSR count). The van der Waals surface area contributed by atoms with Crippen molar-refractivity contribution >= 4 is 17.6 Å². The topological polar surface area (TPSA) is 57.5 Å². The Bertz CT molecular complexity index is 537. The monoisotopic (exact) mass is 296 g/mol. The van der Waals surface area contributed by atoms with Gasteiger partial charge >= 0.3 is 5.97 Å². The van der Waals surface area contributed by atoms with Crippen molar-refractivity contribution in [2.24, 2.45) is 0 Å². The van der Waals surface area contributed by atoms with E-state index in [4.69, 9.17) is 11.6 Å². The molecule has 0 saturated heterocycles. The fraction of sp³-hybridized carbons (Fsp3) is 0.562. The SMILES string of the molecule is CC(C)(C)c1cc(Cl)cc(C2(C(=O)O)CCCC2)c1O. The maximum atomic E-state index is 11.8. The standard InChI is InChI=1S/C16H21ClO3/c1-15(2,3)11-8-10(17)9-12(13(11)18)16(14(19)20)6-4-5-7-16/h8-9,18H,4-7H2,1-3H3,(H,19,20). The first-order valence-corrected chi connectivity index (χ1v) is 7.33. The largest absolute Gasteiger partial charge is 0.507 e. The highest BCUT2D eigenvalue weighted by atomic mass is 35.5. The van der Waals surface area contributed by atoms with E-state index in [2.05, 4.69) is 0 Å². The Morgan fingerprint density at radius 3 is 2.25 bits per heavy atom. The number of hydrogen-bond acceptors (Lipinski definition) is 2. The van der Waals surface area contributed by atoms with Crippen molar-refractivity contribution in [2.45, 2.75) is 57.3 Å². The molecule has 1 aliphatic rings. The summed E-state index contributed by atoms with van der Waals surface area (Å²) in [5.41, 5.74) is -0.107. The van der Waals surface area contributed by atoms with Crippen LogP contribution < -0.4 is 0 Å². The third kappa shape index (κ3) is 2.39. The predicted octanol–water partition coefficient (Wildman–Crippen LogP) is 4.24. The highest BCUT2D eigenvalue weighted by Gasteiger charge is 2.45. The van der Waals surface area contributed by atoms with Gasteiger partial charge in [0.1, 0.15) is 5.75 Å². The van der Waals surface area contributed by atoms with Crippen molar-refractivity contribution in [1.29, 1.82) is 0 Å². The Labute approximate surface area is 124 Å². The van der Waals surface area contributed by atoms with Crippen LogP contribution in [0, 0.1) is 0 Å². The van der Waals surface area contributed by atoms with Gasteiger partial charge < -0.3 is 10.2 Å². The van der Waals surface area contributed by atoms with Crippen LogP contribution in [0.25, 0.3) is 0 Å². The molecule has 4 heteroatoms. The molecule has 0 aromatic heterocycles. The molecule has 0 radical (unpaired) electrons. The van der Waals surface area contributed by atoms with Crippen LogP contribution >= 0.6 is 11.6 Å². The van der Waals surface area contributed by atoms with Gasteiger partial charge in [0, 0.05) is 16.1 Å². The fourth-order valence-electron chi connectivity index (χ4n) is 3.11. The zero-order valence-electron chi connectivity index (χ0n) is 12.2. The van der Waals surface area contributed by atoms with Gasteiger partial charge in [-0.3, -0.25) is 4.79 Å². The number of benzene rings is 1. The Kier molecular flexibility index (Phi) is 3.76. The number of carboxylic acid groups (broad SMARTS) is 1. The van der Waals surface area contributed by atoms with E-state index in [9.17, 15) is 15.0 Å². The van der Waals surface area contributed by atoms with Crippen LogP contribution in [0.15, 0.2) is 12.1 Å². The van der Waals surface area contributed by atoms with Crippen LogP contribution in [-0.2, 0) is 15.6 Å². The highest BCUT2D eigenvalue weighted by molar-refractivity contribution is 6.30. The molecule has 0 spiro atoms. The van der Waals surface area contributed by atoms with Crippen molar-refractivity contribution < 1.29 is 15.0 Å². The van der Waals surface area contributed by atoms with E-state index >= 15 is 0 Å². The molecule has 110 valence electrons. The van der Waals surface area contributed by atoms with Crippen molar-refractivity contribution in [3.63, 3.8) is 0 Å². The number of halogens is 1. The molecule has 0 amide bonds. The Balaban J connectivity index is 2.68. The van der Waals surface area contributed by atoms with E-state index in [0.717, 1.165) is 12.8 Å². The second-order valence-corrected chi connectivity index (χ2v) is 7.13. The van der Waals surface area contributed by atoms with Gasteiger partial charge in [-0.25, -0.2) is 0 Å². The number of phenols is 1. The van der Waals surface area contributed by atoms with Crippen LogP contribution in [0.1, 0.15) is 57.6 Å². The highest BCUT2D eigenvalue weighted by Crippen LogP contribution is 2.48. The predicted molar refractivity (Wildman–Crippen MR) is 79.6 cm³/mol. The van der Waals surface area contributed by atoms with Crippen molar-refractivity contribution in [2.75, 3.05) is 0 Å². The minimum atomic E-state index is -0.991. The number of aliphatic carboxylic acids is 1. The summed E-state index contributed by atoms with van der Waals surface area (Å²) in [6.07, 6.45) is 2.84. The molecule has 0 aliphatic heterocycles. The Morgan fingerprint density at radius 2 is 1.80 bits per heavy atom. The third-order valence-corrected chi connectivity index (χ3v) is 4.48. The van der Waals surface area contributed by atoms with Crippen LogP contribution in [0.5, 0.6) is 5.75 Å². The van der Waals surface area contributed by atoms with Gasteiger partial charge in [-0.1, -0.05) is 45.2 Å². The molecule has 0 atom stereocenters. The van der Waals surface area contributed by atoms with Gasteiger partial charge in [-0.15, -0.1) is 0 Å². The van der Waals surface area contributed by atoms with Gasteiger partial charge in [0.25, 0.3) is 0 Å². The van der Waals surface area contributed by atoms with Crippen molar-refractivity contribution in [3.05, 3.63) is 28.3 Å². The quantitative estimate of drug-likeness (QED) is 0.858. The molecule has 1 fully saturated rings. The molecule has 20 heavy (non-hydrogen) atoms. The minimum Gasteiger partial charge on any atom is -0.507 e. The summed E-state index contributed by atoms with van der Waals surface area (Å²) in [4.78, 5) is 11.8. The zero-order valence-corrected chi connectivity index (χ0v) is 12.9. The molecular formula is C16H21ClO3. The van der Waals surface area contributed by atoms with Gasteiger partial charge in [0.15, 0.2) is 0 Å². The van der Waals surface area contributed by atoms with Crippen LogP contribution in [-0.4, -0.2) is 16.2 Å². The van der Waals surface area contributed by atoms with Crippen molar-refractivity contribution in [1.82, 2.24) is 0 Å². The molecule has 0 bridgehead atoms. The van der Waals surface area contributed by atoms with Crippen LogP contribution in [0.2, 0.25) is 5.02 Å². The van der Waals surface area contributed by atoms with E-state index in [1.807, 2.05) is 20.8 Å². The second-order valence-electron chi connectivity index (χ2n) is 6.69. The number of carboxylic acids is 1. The summed E-state index contributed by atoms with van der Waals surface area (Å²) in [6.45, 7) is 5.93. The second kappa shape index (κ2) is 4.96. The summed E-state index contributed by atoms with van der Waals surface area (Å²) in [5.74, 6) is -0.779. The average molecular weight is 297 g/mol. The maximum Gasteiger partial charge on any atom is 0.314 e.